The Morgan fingerprint density at radius 2 is 0.690 bits per heavy atom. The molecule has 0 spiro atoms. The number of nitrogens with zero attached hydrogens (tertiary/aromatic N) is 6. The quantitative estimate of drug-likeness (QED) is 0.160. The molecule has 11 rings (SSSR count). The molecule has 0 radical (unpaired) electrons. The standard InChI is InChI=1S/C52H32N6/c1-53-37-30-28-34(29-31-37)48-46(57-42-24-12-8-20-38(42)39-21-9-13-25-43(39)57)32-33-47(58-44-26-14-10-22-40(44)41-23-11-15-27-45(41)58)49(48)52-55-50(35-16-4-2-5-17-35)54-51(56-52)36-18-6-3-7-19-36/h2-33H. The molecule has 0 bridgehead atoms. The van der Waals surface area contributed by atoms with Gasteiger partial charge in [-0.25, -0.2) is 19.8 Å². The molecule has 6 nitrogen and oxygen atoms in total. The summed E-state index contributed by atoms with van der Waals surface area (Å²) < 4.78 is 4.71. The lowest BCUT2D eigenvalue weighted by Crippen LogP contribution is -2.08. The molecule has 3 aromatic heterocycles. The van der Waals surface area contributed by atoms with Crippen LogP contribution in [0.25, 0.3) is 105 Å². The lowest BCUT2D eigenvalue weighted by atomic mass is 9.94. The molecule has 58 heavy (non-hydrogen) atoms. The van der Waals surface area contributed by atoms with Crippen LogP contribution in [0.2, 0.25) is 0 Å². The van der Waals surface area contributed by atoms with Crippen LogP contribution in [0.1, 0.15) is 0 Å². The fourth-order valence-corrected chi connectivity index (χ4v) is 8.46. The minimum atomic E-state index is 0.538. The van der Waals surface area contributed by atoms with Crippen LogP contribution in [0.15, 0.2) is 194 Å². The zero-order chi connectivity index (χ0) is 38.6. The van der Waals surface area contributed by atoms with E-state index in [1.165, 1.54) is 10.8 Å². The number of hydrogen-bond donors (Lipinski definition) is 0. The summed E-state index contributed by atoms with van der Waals surface area (Å²) >= 11 is 0. The molecule has 6 heteroatoms. The maximum Gasteiger partial charge on any atom is 0.187 e. The molecule has 0 saturated carbocycles. The van der Waals surface area contributed by atoms with Crippen LogP contribution in [-0.4, -0.2) is 24.1 Å². The maximum atomic E-state index is 7.82. The number of aromatic nitrogens is 5. The predicted octanol–water partition coefficient (Wildman–Crippen LogP) is 13.3. The van der Waals surface area contributed by atoms with Gasteiger partial charge in [-0.15, -0.1) is 0 Å². The Labute approximate surface area is 334 Å². The van der Waals surface area contributed by atoms with Crippen molar-refractivity contribution in [3.05, 3.63) is 206 Å². The van der Waals surface area contributed by atoms with Crippen LogP contribution < -0.4 is 0 Å². The van der Waals surface area contributed by atoms with Gasteiger partial charge in [-0.3, -0.25) is 0 Å². The van der Waals surface area contributed by atoms with Crippen molar-refractivity contribution < 1.29 is 0 Å². The van der Waals surface area contributed by atoms with E-state index in [4.69, 9.17) is 21.5 Å². The summed E-state index contributed by atoms with van der Waals surface area (Å²) in [5.41, 5.74) is 11.3. The Balaban J connectivity index is 1.35. The van der Waals surface area contributed by atoms with E-state index in [2.05, 4.69) is 135 Å². The van der Waals surface area contributed by atoms with E-state index in [0.29, 0.717) is 23.2 Å². The molecule has 3 heterocycles. The number of rotatable bonds is 6. The first-order valence-corrected chi connectivity index (χ1v) is 19.2. The van der Waals surface area contributed by atoms with Crippen LogP contribution in [0.3, 0.4) is 0 Å². The highest BCUT2D eigenvalue weighted by molar-refractivity contribution is 6.12. The summed E-state index contributed by atoms with van der Waals surface area (Å²) in [6.45, 7) is 7.82. The van der Waals surface area contributed by atoms with E-state index >= 15 is 0 Å². The van der Waals surface area contributed by atoms with Gasteiger partial charge in [0.2, 0.25) is 0 Å². The summed E-state index contributed by atoms with van der Waals surface area (Å²) in [6.07, 6.45) is 0. The fraction of sp³-hybridized carbons (Fsp3) is 0. The van der Waals surface area contributed by atoms with Crippen molar-refractivity contribution in [1.29, 1.82) is 0 Å². The number of benzene rings is 8. The molecule has 0 aliphatic heterocycles. The van der Waals surface area contributed by atoms with Gasteiger partial charge in [0, 0.05) is 38.2 Å². The molecule has 0 amide bonds. The Bertz CT molecular complexity index is 3230. The Hall–Kier alpha value is -8.14. The molecule has 0 N–H and O–H groups in total. The summed E-state index contributed by atoms with van der Waals surface area (Å²) in [5, 5.41) is 4.64. The molecule has 0 fully saturated rings. The van der Waals surface area contributed by atoms with E-state index in [1.807, 2.05) is 72.8 Å². The zero-order valence-electron chi connectivity index (χ0n) is 31.2. The lowest BCUT2D eigenvalue weighted by molar-refractivity contribution is 1.06. The Morgan fingerprint density at radius 1 is 0.328 bits per heavy atom. The van der Waals surface area contributed by atoms with Crippen molar-refractivity contribution in [2.75, 3.05) is 0 Å². The van der Waals surface area contributed by atoms with Crippen molar-refractivity contribution in [2.45, 2.75) is 0 Å². The molecule has 11 aromatic rings. The van der Waals surface area contributed by atoms with Crippen LogP contribution in [0, 0.1) is 6.57 Å². The summed E-state index contributed by atoms with van der Waals surface area (Å²) in [5.74, 6) is 1.69. The van der Waals surface area contributed by atoms with Gasteiger partial charge in [-0.05, 0) is 42.0 Å². The third-order valence-corrected chi connectivity index (χ3v) is 11.0. The van der Waals surface area contributed by atoms with Gasteiger partial charge in [0.25, 0.3) is 0 Å². The Morgan fingerprint density at radius 3 is 1.10 bits per heavy atom. The highest BCUT2D eigenvalue weighted by atomic mass is 15.1. The molecule has 0 atom stereocenters. The van der Waals surface area contributed by atoms with Crippen molar-refractivity contribution >= 4 is 49.3 Å². The first kappa shape index (κ1) is 33.2. The largest absolute Gasteiger partial charge is 0.309 e. The topological polar surface area (TPSA) is 52.9 Å². The summed E-state index contributed by atoms with van der Waals surface area (Å²) in [7, 11) is 0. The average molecular weight is 741 g/mol. The van der Waals surface area contributed by atoms with Gasteiger partial charge in [0.1, 0.15) is 0 Å². The third kappa shape index (κ3) is 5.30. The van der Waals surface area contributed by atoms with Gasteiger partial charge >= 0.3 is 0 Å². The van der Waals surface area contributed by atoms with E-state index < -0.39 is 0 Å². The lowest BCUT2D eigenvalue weighted by Gasteiger charge is -2.22. The third-order valence-electron chi connectivity index (χ3n) is 11.0. The smallest absolute Gasteiger partial charge is 0.187 e. The second-order valence-corrected chi connectivity index (χ2v) is 14.3. The number of para-hydroxylation sites is 4. The van der Waals surface area contributed by atoms with Crippen LogP contribution in [0.5, 0.6) is 0 Å². The van der Waals surface area contributed by atoms with Crippen LogP contribution in [-0.2, 0) is 0 Å². The first-order valence-electron chi connectivity index (χ1n) is 19.2. The summed E-state index contributed by atoms with van der Waals surface area (Å²) in [4.78, 5) is 19.7. The van der Waals surface area contributed by atoms with Gasteiger partial charge in [0.15, 0.2) is 23.2 Å². The van der Waals surface area contributed by atoms with Crippen molar-refractivity contribution in [2.24, 2.45) is 0 Å². The fourth-order valence-electron chi connectivity index (χ4n) is 8.46. The second-order valence-electron chi connectivity index (χ2n) is 14.3. The van der Waals surface area contributed by atoms with Crippen molar-refractivity contribution in [3.63, 3.8) is 0 Å². The maximum absolute atomic E-state index is 7.82. The van der Waals surface area contributed by atoms with E-state index in [-0.39, 0.29) is 0 Å². The second kappa shape index (κ2) is 13.6. The van der Waals surface area contributed by atoms with Crippen molar-refractivity contribution in [3.8, 4) is 56.7 Å². The molecule has 270 valence electrons. The SMILES string of the molecule is [C-]#[N+]c1ccc(-c2c(-n3c4ccccc4c4ccccc43)ccc(-n3c4ccccc4c4ccccc43)c2-c2nc(-c3ccccc3)nc(-c3ccccc3)n2)cc1. The van der Waals surface area contributed by atoms with E-state index in [1.54, 1.807) is 0 Å². The predicted molar refractivity (Wildman–Crippen MR) is 237 cm³/mol. The van der Waals surface area contributed by atoms with E-state index in [9.17, 15) is 0 Å². The average Bonchev–Trinajstić information content (AvgIpc) is 3.82. The number of hydrogen-bond acceptors (Lipinski definition) is 3. The van der Waals surface area contributed by atoms with Crippen LogP contribution in [0.4, 0.5) is 5.69 Å². The minimum Gasteiger partial charge on any atom is -0.309 e. The zero-order valence-corrected chi connectivity index (χ0v) is 31.2. The summed E-state index contributed by atoms with van der Waals surface area (Å²) in [6, 6.07) is 66.8. The molecule has 0 aliphatic carbocycles. The molecular weight excluding hydrogens is 709 g/mol. The molecule has 0 saturated heterocycles. The Kier molecular flexibility index (Phi) is 7.76. The van der Waals surface area contributed by atoms with Gasteiger partial charge < -0.3 is 9.13 Å². The van der Waals surface area contributed by atoms with Gasteiger partial charge in [0.05, 0.1) is 45.6 Å². The number of fused-ring (bicyclic) bond motifs is 6. The van der Waals surface area contributed by atoms with E-state index in [0.717, 1.165) is 72.0 Å². The highest BCUT2D eigenvalue weighted by Gasteiger charge is 2.27. The highest BCUT2D eigenvalue weighted by Crippen LogP contribution is 2.46. The van der Waals surface area contributed by atoms with Gasteiger partial charge in [-0.2, -0.15) is 0 Å². The normalized spacial score (nSPS) is 11.4. The van der Waals surface area contributed by atoms with Crippen molar-refractivity contribution in [1.82, 2.24) is 24.1 Å². The first-order chi connectivity index (χ1) is 28.7. The molecular formula is C52H32N6. The molecule has 8 aromatic carbocycles. The van der Waals surface area contributed by atoms with Crippen LogP contribution >= 0.6 is 0 Å². The molecule has 0 unspecified atom stereocenters. The van der Waals surface area contributed by atoms with Gasteiger partial charge in [-0.1, -0.05) is 158 Å². The minimum absolute atomic E-state index is 0.538. The monoisotopic (exact) mass is 740 g/mol. The molecule has 0 aliphatic rings.